The van der Waals surface area contributed by atoms with Crippen LogP contribution in [0.3, 0.4) is 0 Å². The molecular formula is C27H23Br2Cl2N3O3. The first kappa shape index (κ1) is 27.6. The van der Waals surface area contributed by atoms with Gasteiger partial charge in [0.1, 0.15) is 12.4 Å². The number of hydrogen-bond donors (Lipinski definition) is 0. The van der Waals surface area contributed by atoms with Gasteiger partial charge in [-0.3, -0.25) is 4.79 Å². The maximum atomic E-state index is 13.4. The third kappa shape index (κ3) is 6.20. The Morgan fingerprint density at radius 1 is 1.08 bits per heavy atom. The summed E-state index contributed by atoms with van der Waals surface area (Å²) in [4.78, 5) is 18.1. The van der Waals surface area contributed by atoms with E-state index in [0.29, 0.717) is 43.8 Å². The number of benzene rings is 3. The topological polar surface area (TPSA) is 65.7 Å². The molecule has 0 aliphatic rings. The zero-order chi connectivity index (χ0) is 26.7. The standard InChI is InChI=1S/C27H23Br2Cl2N3O3/c1-4-15(2)26-33-23-8-6-18(28)11-19(23)27(35)34(26)32-13-17-10-24(36-3)25(12-20(17)29)37-14-16-5-7-21(30)22(31)9-16/h5-13,15H,4,14H2,1-3H3/t15-/m1/s1. The fourth-order valence-corrected chi connectivity index (χ4v) is 4.72. The lowest BCUT2D eigenvalue weighted by atomic mass is 10.1. The summed E-state index contributed by atoms with van der Waals surface area (Å²) < 4.78 is 14.4. The number of fused-ring (bicyclic) bond motifs is 1. The number of aromatic nitrogens is 2. The Labute approximate surface area is 241 Å². The van der Waals surface area contributed by atoms with Gasteiger partial charge < -0.3 is 9.47 Å². The van der Waals surface area contributed by atoms with Gasteiger partial charge in [-0.1, -0.05) is 59.0 Å². The molecule has 1 atom stereocenters. The molecule has 0 saturated carbocycles. The molecule has 0 fully saturated rings. The van der Waals surface area contributed by atoms with Crippen LogP contribution in [0, 0.1) is 0 Å². The second-order valence-electron chi connectivity index (χ2n) is 8.36. The smallest absolute Gasteiger partial charge is 0.282 e. The van der Waals surface area contributed by atoms with E-state index in [2.05, 4.69) is 43.9 Å². The average molecular weight is 668 g/mol. The minimum Gasteiger partial charge on any atom is -0.493 e. The number of rotatable bonds is 8. The van der Waals surface area contributed by atoms with E-state index in [1.807, 2.05) is 25.1 Å². The van der Waals surface area contributed by atoms with E-state index in [4.69, 9.17) is 37.7 Å². The van der Waals surface area contributed by atoms with E-state index in [1.165, 1.54) is 4.68 Å². The largest absolute Gasteiger partial charge is 0.493 e. The van der Waals surface area contributed by atoms with E-state index >= 15 is 0 Å². The third-order valence-electron chi connectivity index (χ3n) is 5.86. The van der Waals surface area contributed by atoms with Crippen molar-refractivity contribution in [1.82, 2.24) is 9.66 Å². The second-order valence-corrected chi connectivity index (χ2v) is 10.9. The summed E-state index contributed by atoms with van der Waals surface area (Å²) in [6, 6.07) is 14.4. The molecule has 0 spiro atoms. The average Bonchev–Trinajstić information content (AvgIpc) is 2.89. The monoisotopic (exact) mass is 665 g/mol. The number of nitrogens with zero attached hydrogens (tertiary/aromatic N) is 3. The van der Waals surface area contributed by atoms with Crippen LogP contribution in [0.25, 0.3) is 10.9 Å². The number of hydrogen-bond acceptors (Lipinski definition) is 5. The van der Waals surface area contributed by atoms with Gasteiger partial charge in [-0.2, -0.15) is 9.78 Å². The predicted octanol–water partition coefficient (Wildman–Crippen LogP) is 8.21. The summed E-state index contributed by atoms with van der Waals surface area (Å²) in [5.74, 6) is 1.68. The highest BCUT2D eigenvalue weighted by Crippen LogP contribution is 2.34. The molecule has 3 aromatic carbocycles. The van der Waals surface area contributed by atoms with E-state index in [1.54, 1.807) is 43.7 Å². The minimum absolute atomic E-state index is 0.0352. The SMILES string of the molecule is CC[C@@H](C)c1nc2ccc(Br)cc2c(=O)n1N=Cc1cc(OC)c(OCc2ccc(Cl)c(Cl)c2)cc1Br. The summed E-state index contributed by atoms with van der Waals surface area (Å²) in [5, 5.41) is 5.99. The summed E-state index contributed by atoms with van der Waals surface area (Å²) in [6.07, 6.45) is 2.42. The van der Waals surface area contributed by atoms with Gasteiger partial charge in [0.15, 0.2) is 11.5 Å². The van der Waals surface area contributed by atoms with E-state index in [-0.39, 0.29) is 18.1 Å². The second kappa shape index (κ2) is 12.0. The molecular weight excluding hydrogens is 645 g/mol. The molecule has 0 unspecified atom stereocenters. The molecule has 0 bridgehead atoms. The van der Waals surface area contributed by atoms with E-state index in [9.17, 15) is 4.79 Å². The van der Waals surface area contributed by atoms with Gasteiger partial charge in [0.05, 0.1) is 34.3 Å². The molecule has 0 N–H and O–H groups in total. The van der Waals surface area contributed by atoms with Crippen LogP contribution in [0.15, 0.2) is 67.4 Å². The van der Waals surface area contributed by atoms with Crippen molar-refractivity contribution in [3.05, 3.63) is 94.8 Å². The summed E-state index contributed by atoms with van der Waals surface area (Å²) in [6.45, 7) is 4.35. The summed E-state index contributed by atoms with van der Waals surface area (Å²) in [7, 11) is 1.56. The lowest BCUT2D eigenvalue weighted by molar-refractivity contribution is 0.284. The first-order chi connectivity index (χ1) is 17.7. The number of halogens is 4. The molecule has 0 aliphatic heterocycles. The number of ether oxygens (including phenoxy) is 2. The zero-order valence-electron chi connectivity index (χ0n) is 20.3. The predicted molar refractivity (Wildman–Crippen MR) is 157 cm³/mol. The Morgan fingerprint density at radius 2 is 1.86 bits per heavy atom. The molecule has 6 nitrogen and oxygen atoms in total. The van der Waals surface area contributed by atoms with Gasteiger partial charge >= 0.3 is 0 Å². The maximum absolute atomic E-state index is 13.4. The van der Waals surface area contributed by atoms with Gasteiger partial charge in [0, 0.05) is 20.4 Å². The van der Waals surface area contributed by atoms with Crippen LogP contribution < -0.4 is 15.0 Å². The fourth-order valence-electron chi connectivity index (χ4n) is 3.61. The Hall–Kier alpha value is -2.39. The van der Waals surface area contributed by atoms with Crippen molar-refractivity contribution >= 4 is 72.2 Å². The highest BCUT2D eigenvalue weighted by molar-refractivity contribution is 9.10. The zero-order valence-corrected chi connectivity index (χ0v) is 24.9. The molecule has 37 heavy (non-hydrogen) atoms. The Kier molecular flexibility index (Phi) is 8.95. The third-order valence-corrected chi connectivity index (χ3v) is 7.78. The van der Waals surface area contributed by atoms with Crippen molar-refractivity contribution in [2.45, 2.75) is 32.8 Å². The molecule has 4 aromatic rings. The molecule has 4 rings (SSSR count). The molecule has 0 saturated heterocycles. The van der Waals surface area contributed by atoms with Crippen LogP contribution in [-0.2, 0) is 6.61 Å². The van der Waals surface area contributed by atoms with E-state index < -0.39 is 0 Å². The quantitative estimate of drug-likeness (QED) is 0.178. The van der Waals surface area contributed by atoms with Crippen LogP contribution >= 0.6 is 55.1 Å². The van der Waals surface area contributed by atoms with Crippen molar-refractivity contribution in [3.8, 4) is 11.5 Å². The van der Waals surface area contributed by atoms with Gasteiger partial charge in [-0.05, 0) is 70.4 Å². The Balaban J connectivity index is 1.69. The molecule has 0 amide bonds. The van der Waals surface area contributed by atoms with Crippen molar-refractivity contribution in [2.24, 2.45) is 5.10 Å². The summed E-state index contributed by atoms with van der Waals surface area (Å²) in [5.41, 5.74) is 1.98. The van der Waals surface area contributed by atoms with Crippen molar-refractivity contribution in [2.75, 3.05) is 7.11 Å². The van der Waals surface area contributed by atoms with Gasteiger partial charge in [0.25, 0.3) is 5.56 Å². The molecule has 10 heteroatoms. The van der Waals surface area contributed by atoms with Crippen molar-refractivity contribution in [1.29, 1.82) is 0 Å². The Bertz CT molecular complexity index is 1560. The molecule has 1 aromatic heterocycles. The van der Waals surface area contributed by atoms with E-state index in [0.717, 1.165) is 20.9 Å². The van der Waals surface area contributed by atoms with Gasteiger partial charge in [-0.25, -0.2) is 4.98 Å². The van der Waals surface area contributed by atoms with Crippen LogP contribution in [0.5, 0.6) is 11.5 Å². The lowest BCUT2D eigenvalue weighted by Crippen LogP contribution is -2.23. The van der Waals surface area contributed by atoms with Gasteiger partial charge in [-0.15, -0.1) is 0 Å². The van der Waals surface area contributed by atoms with Crippen LogP contribution in [0.2, 0.25) is 10.0 Å². The molecule has 0 aliphatic carbocycles. The first-order valence-electron chi connectivity index (χ1n) is 11.4. The molecule has 0 radical (unpaired) electrons. The summed E-state index contributed by atoms with van der Waals surface area (Å²) >= 11 is 19.1. The van der Waals surface area contributed by atoms with Gasteiger partial charge in [0.2, 0.25) is 0 Å². The van der Waals surface area contributed by atoms with Crippen LogP contribution in [0.4, 0.5) is 0 Å². The fraction of sp³-hybridized carbons (Fsp3) is 0.222. The first-order valence-corrected chi connectivity index (χ1v) is 13.8. The highest BCUT2D eigenvalue weighted by Gasteiger charge is 2.16. The highest BCUT2D eigenvalue weighted by atomic mass is 79.9. The van der Waals surface area contributed by atoms with Crippen molar-refractivity contribution in [3.63, 3.8) is 0 Å². The molecule has 192 valence electrons. The lowest BCUT2D eigenvalue weighted by Gasteiger charge is -2.15. The number of methoxy groups -OCH3 is 1. The van der Waals surface area contributed by atoms with Crippen LogP contribution in [-0.4, -0.2) is 23.0 Å². The normalized spacial score (nSPS) is 12.3. The maximum Gasteiger partial charge on any atom is 0.282 e. The molecule has 1 heterocycles. The minimum atomic E-state index is -0.234. The van der Waals surface area contributed by atoms with Crippen molar-refractivity contribution < 1.29 is 9.47 Å². The Morgan fingerprint density at radius 3 is 2.57 bits per heavy atom. The van der Waals surface area contributed by atoms with Crippen LogP contribution in [0.1, 0.15) is 43.1 Å².